The number of aryl methyl sites for hydroxylation is 1. The minimum atomic E-state index is -0.751. The summed E-state index contributed by atoms with van der Waals surface area (Å²) < 4.78 is 11.2. The molecular weight excluding hydrogens is 282 g/mol. The van der Waals surface area contributed by atoms with Crippen LogP contribution in [0.3, 0.4) is 0 Å². The minimum Gasteiger partial charge on any atom is -0.493 e. The zero-order valence-corrected chi connectivity index (χ0v) is 12.3. The Bertz CT molecular complexity index is 750. The van der Waals surface area contributed by atoms with E-state index in [1.165, 1.54) is 0 Å². The SMILES string of the molecule is COc1cccc2c1OC(c1ccc(C)cc1)C([N+](=O)[O-])=C2. The molecule has 1 atom stereocenters. The molecule has 2 aromatic rings. The molecular formula is C17H15NO4. The summed E-state index contributed by atoms with van der Waals surface area (Å²) in [5.41, 5.74) is 2.49. The van der Waals surface area contributed by atoms with Gasteiger partial charge in [-0.05, 0) is 13.0 Å². The van der Waals surface area contributed by atoms with Crippen molar-refractivity contribution in [2.45, 2.75) is 13.0 Å². The Morgan fingerprint density at radius 1 is 1.18 bits per heavy atom. The number of ether oxygens (including phenoxy) is 2. The largest absolute Gasteiger partial charge is 0.493 e. The van der Waals surface area contributed by atoms with Gasteiger partial charge in [0.1, 0.15) is 0 Å². The lowest BCUT2D eigenvalue weighted by molar-refractivity contribution is -0.434. The Hall–Kier alpha value is -2.82. The molecule has 1 aliphatic heterocycles. The molecule has 1 heterocycles. The first-order valence-corrected chi connectivity index (χ1v) is 6.86. The zero-order chi connectivity index (χ0) is 15.7. The van der Waals surface area contributed by atoms with Crippen molar-refractivity contribution in [1.29, 1.82) is 0 Å². The summed E-state index contributed by atoms with van der Waals surface area (Å²) in [7, 11) is 1.55. The fraction of sp³-hybridized carbons (Fsp3) is 0.176. The van der Waals surface area contributed by atoms with E-state index in [9.17, 15) is 10.1 Å². The summed E-state index contributed by atoms with van der Waals surface area (Å²) in [6.07, 6.45) is 0.797. The number of fused-ring (bicyclic) bond motifs is 1. The second-order valence-corrected chi connectivity index (χ2v) is 5.11. The van der Waals surface area contributed by atoms with E-state index in [1.54, 1.807) is 31.4 Å². The molecule has 5 nitrogen and oxygen atoms in total. The lowest BCUT2D eigenvalue weighted by atomic mass is 10.00. The van der Waals surface area contributed by atoms with Crippen molar-refractivity contribution < 1.29 is 14.4 Å². The highest BCUT2D eigenvalue weighted by atomic mass is 16.6. The van der Waals surface area contributed by atoms with Crippen LogP contribution in [0.4, 0.5) is 0 Å². The summed E-state index contributed by atoms with van der Waals surface area (Å²) >= 11 is 0. The van der Waals surface area contributed by atoms with E-state index in [-0.39, 0.29) is 5.70 Å². The smallest absolute Gasteiger partial charge is 0.291 e. The molecule has 0 saturated carbocycles. The van der Waals surface area contributed by atoms with Crippen LogP contribution >= 0.6 is 0 Å². The van der Waals surface area contributed by atoms with Gasteiger partial charge in [0.25, 0.3) is 5.70 Å². The number of nitro groups is 1. The van der Waals surface area contributed by atoms with Crippen LogP contribution in [0.5, 0.6) is 11.5 Å². The number of hydrogen-bond acceptors (Lipinski definition) is 4. The van der Waals surface area contributed by atoms with Gasteiger partial charge in [-0.3, -0.25) is 10.1 Å². The van der Waals surface area contributed by atoms with E-state index in [2.05, 4.69) is 0 Å². The number of nitrogens with zero attached hydrogens (tertiary/aromatic N) is 1. The van der Waals surface area contributed by atoms with E-state index < -0.39 is 11.0 Å². The zero-order valence-electron chi connectivity index (χ0n) is 12.3. The first kappa shape index (κ1) is 14.1. The standard InChI is InChI=1S/C17H15NO4/c1-11-6-8-12(9-7-11)16-14(18(19)20)10-13-4-3-5-15(21-2)17(13)22-16/h3-10,16H,1-2H3. The molecule has 0 radical (unpaired) electrons. The van der Waals surface area contributed by atoms with Crippen molar-refractivity contribution in [1.82, 2.24) is 0 Å². The van der Waals surface area contributed by atoms with Crippen LogP contribution < -0.4 is 9.47 Å². The van der Waals surface area contributed by atoms with Crippen molar-refractivity contribution in [3.05, 3.63) is 75.0 Å². The fourth-order valence-corrected chi connectivity index (χ4v) is 2.48. The average Bonchev–Trinajstić information content (AvgIpc) is 2.53. The first-order valence-electron chi connectivity index (χ1n) is 6.86. The Morgan fingerprint density at radius 2 is 1.91 bits per heavy atom. The third kappa shape index (κ3) is 2.41. The molecule has 0 spiro atoms. The number of benzene rings is 2. The van der Waals surface area contributed by atoms with Gasteiger partial charge in [-0.1, -0.05) is 42.0 Å². The van der Waals surface area contributed by atoms with E-state index in [0.717, 1.165) is 11.1 Å². The van der Waals surface area contributed by atoms with Crippen LogP contribution in [-0.4, -0.2) is 12.0 Å². The van der Waals surface area contributed by atoms with Crippen LogP contribution in [0.25, 0.3) is 6.08 Å². The van der Waals surface area contributed by atoms with Crippen molar-refractivity contribution in [2.24, 2.45) is 0 Å². The first-order chi connectivity index (χ1) is 10.6. The summed E-state index contributed by atoms with van der Waals surface area (Å²) in [6, 6.07) is 12.8. The van der Waals surface area contributed by atoms with Crippen LogP contribution in [0.2, 0.25) is 0 Å². The summed E-state index contributed by atoms with van der Waals surface area (Å²) in [6.45, 7) is 1.97. The highest BCUT2D eigenvalue weighted by molar-refractivity contribution is 5.66. The van der Waals surface area contributed by atoms with Gasteiger partial charge >= 0.3 is 0 Å². The topological polar surface area (TPSA) is 61.6 Å². The van der Waals surface area contributed by atoms with E-state index >= 15 is 0 Å². The lowest BCUT2D eigenvalue weighted by Gasteiger charge is -2.24. The maximum atomic E-state index is 11.4. The van der Waals surface area contributed by atoms with E-state index in [4.69, 9.17) is 9.47 Å². The Labute approximate surface area is 127 Å². The molecule has 112 valence electrons. The van der Waals surface area contributed by atoms with Crippen LogP contribution in [0.1, 0.15) is 22.8 Å². The summed E-state index contributed by atoms with van der Waals surface area (Å²) in [5.74, 6) is 1.09. The molecule has 5 heteroatoms. The molecule has 0 aromatic heterocycles. The number of methoxy groups -OCH3 is 1. The van der Waals surface area contributed by atoms with Gasteiger partial charge < -0.3 is 9.47 Å². The van der Waals surface area contributed by atoms with Gasteiger partial charge in [0.2, 0.25) is 6.10 Å². The quantitative estimate of drug-likeness (QED) is 0.639. The van der Waals surface area contributed by atoms with Crippen molar-refractivity contribution in [3.63, 3.8) is 0 Å². The van der Waals surface area contributed by atoms with Gasteiger partial charge in [-0.25, -0.2) is 0 Å². The number of para-hydroxylation sites is 1. The molecule has 0 amide bonds. The molecule has 0 N–H and O–H groups in total. The molecule has 0 aliphatic carbocycles. The molecule has 3 rings (SSSR count). The van der Waals surface area contributed by atoms with Crippen LogP contribution in [-0.2, 0) is 0 Å². The third-order valence-corrected chi connectivity index (χ3v) is 3.63. The number of hydrogen-bond donors (Lipinski definition) is 0. The van der Waals surface area contributed by atoms with Crippen molar-refractivity contribution in [2.75, 3.05) is 7.11 Å². The Balaban J connectivity index is 2.11. The molecule has 0 fully saturated rings. The molecule has 1 aliphatic rings. The molecule has 22 heavy (non-hydrogen) atoms. The minimum absolute atomic E-state index is 0.0182. The molecule has 2 aromatic carbocycles. The summed E-state index contributed by atoms with van der Waals surface area (Å²) in [4.78, 5) is 11.0. The normalized spacial score (nSPS) is 16.3. The molecule has 1 unspecified atom stereocenters. The van der Waals surface area contributed by atoms with Crippen molar-refractivity contribution >= 4 is 6.08 Å². The lowest BCUT2D eigenvalue weighted by Crippen LogP contribution is -2.20. The fourth-order valence-electron chi connectivity index (χ4n) is 2.48. The summed E-state index contributed by atoms with van der Waals surface area (Å²) in [5, 5.41) is 11.4. The van der Waals surface area contributed by atoms with Gasteiger partial charge in [-0.2, -0.15) is 0 Å². The van der Waals surface area contributed by atoms with Gasteiger partial charge in [0, 0.05) is 17.2 Å². The van der Waals surface area contributed by atoms with Gasteiger partial charge in [-0.15, -0.1) is 0 Å². The Kier molecular flexibility index (Phi) is 3.55. The van der Waals surface area contributed by atoms with Crippen LogP contribution in [0.15, 0.2) is 48.2 Å². The predicted octanol–water partition coefficient (Wildman–Crippen LogP) is 3.75. The number of rotatable bonds is 3. The van der Waals surface area contributed by atoms with E-state index in [0.29, 0.717) is 17.1 Å². The third-order valence-electron chi connectivity index (χ3n) is 3.63. The van der Waals surface area contributed by atoms with Crippen LogP contribution in [0, 0.1) is 17.0 Å². The highest BCUT2D eigenvalue weighted by Crippen LogP contribution is 2.42. The maximum absolute atomic E-state index is 11.4. The highest BCUT2D eigenvalue weighted by Gasteiger charge is 2.34. The Morgan fingerprint density at radius 3 is 2.55 bits per heavy atom. The van der Waals surface area contributed by atoms with E-state index in [1.807, 2.05) is 31.2 Å². The van der Waals surface area contributed by atoms with Gasteiger partial charge in [0.15, 0.2) is 11.5 Å². The second-order valence-electron chi connectivity index (χ2n) is 5.11. The van der Waals surface area contributed by atoms with Gasteiger partial charge in [0.05, 0.1) is 12.0 Å². The molecule has 0 bridgehead atoms. The monoisotopic (exact) mass is 297 g/mol. The maximum Gasteiger partial charge on any atom is 0.291 e. The van der Waals surface area contributed by atoms with Crippen molar-refractivity contribution in [3.8, 4) is 11.5 Å². The second kappa shape index (κ2) is 5.52. The molecule has 0 saturated heterocycles. The predicted molar refractivity (Wildman–Crippen MR) is 82.5 cm³/mol. The average molecular weight is 297 g/mol.